The minimum atomic E-state index is -0.378. The minimum Gasteiger partial charge on any atom is -0.369 e. The molecule has 0 aliphatic rings. The molecule has 0 aliphatic carbocycles. The van der Waals surface area contributed by atoms with Gasteiger partial charge in [0.1, 0.15) is 5.82 Å². The van der Waals surface area contributed by atoms with Crippen LogP contribution in [0.1, 0.15) is 5.69 Å². The Morgan fingerprint density at radius 2 is 2.11 bits per heavy atom. The highest BCUT2D eigenvalue weighted by Gasteiger charge is 2.11. The SMILES string of the molecule is NC(=O)Cc1csc2nc(-c3ccc(F)cc3)cn12. The van der Waals surface area contributed by atoms with E-state index in [-0.39, 0.29) is 18.1 Å². The van der Waals surface area contributed by atoms with Crippen LogP contribution in [0.5, 0.6) is 0 Å². The summed E-state index contributed by atoms with van der Waals surface area (Å²) in [5.41, 5.74) is 7.60. The Bertz CT molecular complexity index is 745. The number of hydrogen-bond donors (Lipinski definition) is 1. The molecule has 3 aromatic rings. The first kappa shape index (κ1) is 11.9. The van der Waals surface area contributed by atoms with Gasteiger partial charge in [0.25, 0.3) is 0 Å². The number of nitrogens with two attached hydrogens (primary N) is 1. The summed E-state index contributed by atoms with van der Waals surface area (Å²) in [4.78, 5) is 16.2. The van der Waals surface area contributed by atoms with Crippen LogP contribution in [-0.4, -0.2) is 15.3 Å². The number of benzene rings is 1. The van der Waals surface area contributed by atoms with Gasteiger partial charge in [0.05, 0.1) is 12.1 Å². The Balaban J connectivity index is 2.04. The number of nitrogens with zero attached hydrogens (tertiary/aromatic N) is 2. The van der Waals surface area contributed by atoms with Crippen molar-refractivity contribution in [1.29, 1.82) is 0 Å². The molecule has 19 heavy (non-hydrogen) atoms. The molecule has 0 radical (unpaired) electrons. The van der Waals surface area contributed by atoms with Crippen molar-refractivity contribution in [3.8, 4) is 11.3 Å². The molecule has 0 saturated heterocycles. The molecule has 1 amide bonds. The van der Waals surface area contributed by atoms with E-state index in [1.807, 2.05) is 16.0 Å². The van der Waals surface area contributed by atoms with Crippen molar-refractivity contribution < 1.29 is 9.18 Å². The summed E-state index contributed by atoms with van der Waals surface area (Å²) >= 11 is 1.44. The largest absolute Gasteiger partial charge is 0.369 e. The van der Waals surface area contributed by atoms with Crippen molar-refractivity contribution in [1.82, 2.24) is 9.38 Å². The number of thiazole rings is 1. The first-order valence-electron chi connectivity index (χ1n) is 5.63. The standard InChI is InChI=1S/C13H10FN3OS/c14-9-3-1-8(2-4-9)11-6-17-10(5-12(15)18)7-19-13(17)16-11/h1-4,6-7H,5H2,(H2,15,18). The fourth-order valence-corrected chi connectivity index (χ4v) is 2.77. The average Bonchev–Trinajstić information content (AvgIpc) is 2.92. The summed E-state index contributed by atoms with van der Waals surface area (Å²) in [7, 11) is 0. The Labute approximate surface area is 112 Å². The molecule has 0 bridgehead atoms. The molecule has 2 N–H and O–H groups in total. The predicted molar refractivity (Wildman–Crippen MR) is 71.4 cm³/mol. The molecule has 0 aliphatic heterocycles. The number of aromatic nitrogens is 2. The van der Waals surface area contributed by atoms with Gasteiger partial charge in [-0.2, -0.15) is 0 Å². The van der Waals surface area contributed by atoms with E-state index in [0.29, 0.717) is 0 Å². The topological polar surface area (TPSA) is 60.4 Å². The van der Waals surface area contributed by atoms with Crippen LogP contribution < -0.4 is 5.73 Å². The van der Waals surface area contributed by atoms with Gasteiger partial charge in [0.2, 0.25) is 5.91 Å². The summed E-state index contributed by atoms with van der Waals surface area (Å²) in [6, 6.07) is 6.14. The van der Waals surface area contributed by atoms with Gasteiger partial charge in [0, 0.05) is 22.8 Å². The third-order valence-corrected chi connectivity index (χ3v) is 3.67. The first-order chi connectivity index (χ1) is 9.13. The maximum Gasteiger partial charge on any atom is 0.223 e. The fourth-order valence-electron chi connectivity index (χ4n) is 1.89. The highest BCUT2D eigenvalue weighted by atomic mass is 32.1. The highest BCUT2D eigenvalue weighted by Crippen LogP contribution is 2.24. The van der Waals surface area contributed by atoms with E-state index >= 15 is 0 Å². The molecule has 0 saturated carbocycles. The summed E-state index contributed by atoms with van der Waals surface area (Å²) < 4.78 is 14.7. The van der Waals surface area contributed by atoms with Gasteiger partial charge >= 0.3 is 0 Å². The van der Waals surface area contributed by atoms with Crippen molar-refractivity contribution in [3.05, 3.63) is 47.4 Å². The molecule has 0 fully saturated rings. The Morgan fingerprint density at radius 3 is 2.79 bits per heavy atom. The monoisotopic (exact) mass is 275 g/mol. The van der Waals surface area contributed by atoms with Crippen LogP contribution in [0.4, 0.5) is 4.39 Å². The van der Waals surface area contributed by atoms with Gasteiger partial charge in [-0.15, -0.1) is 11.3 Å². The lowest BCUT2D eigenvalue weighted by Gasteiger charge is -1.96. The molecule has 4 nitrogen and oxygen atoms in total. The second-order valence-electron chi connectivity index (χ2n) is 4.16. The molecule has 1 aromatic carbocycles. The summed E-state index contributed by atoms with van der Waals surface area (Å²) in [6.45, 7) is 0. The molecule has 0 spiro atoms. The number of rotatable bonds is 3. The third-order valence-electron chi connectivity index (χ3n) is 2.78. The number of fused-ring (bicyclic) bond motifs is 1. The van der Waals surface area contributed by atoms with Gasteiger partial charge in [-0.25, -0.2) is 9.37 Å². The van der Waals surface area contributed by atoms with Crippen molar-refractivity contribution in [3.63, 3.8) is 0 Å². The fraction of sp³-hybridized carbons (Fsp3) is 0.0769. The number of amides is 1. The number of carbonyl (C=O) groups is 1. The maximum atomic E-state index is 12.9. The Hall–Kier alpha value is -2.21. The number of halogens is 1. The molecular formula is C13H10FN3OS. The second kappa shape index (κ2) is 4.47. The lowest BCUT2D eigenvalue weighted by molar-refractivity contribution is -0.117. The number of carbonyl (C=O) groups excluding carboxylic acids is 1. The lowest BCUT2D eigenvalue weighted by Crippen LogP contribution is -2.14. The van der Waals surface area contributed by atoms with Crippen LogP contribution in [0, 0.1) is 5.82 Å². The lowest BCUT2D eigenvalue weighted by atomic mass is 10.2. The average molecular weight is 275 g/mol. The van der Waals surface area contributed by atoms with Gasteiger partial charge < -0.3 is 5.73 Å². The first-order valence-corrected chi connectivity index (χ1v) is 6.51. The van der Waals surface area contributed by atoms with Crippen LogP contribution in [0.3, 0.4) is 0 Å². The zero-order valence-corrected chi connectivity index (χ0v) is 10.7. The van der Waals surface area contributed by atoms with Crippen molar-refractivity contribution in [2.75, 3.05) is 0 Å². The van der Waals surface area contributed by atoms with Crippen molar-refractivity contribution in [2.24, 2.45) is 5.73 Å². The van der Waals surface area contributed by atoms with Crippen molar-refractivity contribution in [2.45, 2.75) is 6.42 Å². The van der Waals surface area contributed by atoms with Gasteiger partial charge in [-0.05, 0) is 24.3 Å². The van der Waals surface area contributed by atoms with E-state index in [4.69, 9.17) is 5.73 Å². The zero-order chi connectivity index (χ0) is 13.4. The number of hydrogen-bond acceptors (Lipinski definition) is 3. The van der Waals surface area contributed by atoms with E-state index in [1.165, 1.54) is 23.5 Å². The second-order valence-corrected chi connectivity index (χ2v) is 4.99. The molecule has 96 valence electrons. The smallest absolute Gasteiger partial charge is 0.223 e. The van der Waals surface area contributed by atoms with Crippen molar-refractivity contribution >= 4 is 22.2 Å². The molecular weight excluding hydrogens is 265 g/mol. The zero-order valence-electron chi connectivity index (χ0n) is 9.84. The highest BCUT2D eigenvalue weighted by molar-refractivity contribution is 7.15. The van der Waals surface area contributed by atoms with Crippen LogP contribution in [0.25, 0.3) is 16.2 Å². The van der Waals surface area contributed by atoms with E-state index in [2.05, 4.69) is 4.98 Å². The quantitative estimate of drug-likeness (QED) is 0.796. The van der Waals surface area contributed by atoms with Crippen LogP contribution in [0.15, 0.2) is 35.8 Å². The van der Waals surface area contributed by atoms with Gasteiger partial charge in [-0.1, -0.05) is 0 Å². The molecule has 6 heteroatoms. The van der Waals surface area contributed by atoms with Gasteiger partial charge in [0.15, 0.2) is 4.96 Å². The van der Waals surface area contributed by atoms with Crippen LogP contribution in [-0.2, 0) is 11.2 Å². The summed E-state index contributed by atoms with van der Waals surface area (Å²) in [6.07, 6.45) is 2.01. The van der Waals surface area contributed by atoms with Crippen LogP contribution in [0.2, 0.25) is 0 Å². The van der Waals surface area contributed by atoms with Gasteiger partial charge in [-0.3, -0.25) is 9.20 Å². The number of primary amides is 1. The van der Waals surface area contributed by atoms with Crippen LogP contribution >= 0.6 is 11.3 Å². The summed E-state index contributed by atoms with van der Waals surface area (Å²) in [5, 5.41) is 1.86. The predicted octanol–water partition coefficient (Wildman–Crippen LogP) is 2.23. The Morgan fingerprint density at radius 1 is 1.37 bits per heavy atom. The van der Waals surface area contributed by atoms with E-state index < -0.39 is 0 Å². The maximum absolute atomic E-state index is 12.9. The van der Waals surface area contributed by atoms with E-state index in [9.17, 15) is 9.18 Å². The molecule has 3 rings (SSSR count). The van der Waals surface area contributed by atoms with E-state index in [1.54, 1.807) is 12.1 Å². The van der Waals surface area contributed by atoms with E-state index in [0.717, 1.165) is 21.9 Å². The summed E-state index contributed by atoms with van der Waals surface area (Å²) in [5.74, 6) is -0.657. The molecule has 0 unspecified atom stereocenters. The number of imidazole rings is 1. The minimum absolute atomic E-state index is 0.180. The third kappa shape index (κ3) is 2.22. The molecule has 0 atom stereocenters. The normalized spacial score (nSPS) is 11.0. The molecule has 2 heterocycles. The molecule has 2 aromatic heterocycles. The Kier molecular flexibility index (Phi) is 2.79.